The number of rotatable bonds is 12. The lowest BCUT2D eigenvalue weighted by molar-refractivity contribution is -0.0358. The first-order chi connectivity index (χ1) is 15.4. The van der Waals surface area contributed by atoms with Crippen molar-refractivity contribution in [3.05, 3.63) is 30.0 Å². The molecule has 32 heavy (non-hydrogen) atoms. The van der Waals surface area contributed by atoms with Crippen molar-refractivity contribution in [3.63, 3.8) is 0 Å². The Hall–Kier alpha value is -1.37. The Kier molecular flexibility index (Phi) is 9.21. The van der Waals surface area contributed by atoms with Gasteiger partial charge in [-0.2, -0.15) is 0 Å². The number of benzene rings is 1. The number of aryl methyl sites for hydroxylation is 1. The summed E-state index contributed by atoms with van der Waals surface area (Å²) in [5.41, 5.74) is 2.25. The molecule has 180 valence electrons. The number of hydrogen-bond donors (Lipinski definition) is 0. The van der Waals surface area contributed by atoms with Crippen LogP contribution in [0.25, 0.3) is 10.9 Å². The fourth-order valence-corrected chi connectivity index (χ4v) is 5.78. The van der Waals surface area contributed by atoms with Gasteiger partial charge in [0.25, 0.3) is 0 Å². The van der Waals surface area contributed by atoms with Crippen LogP contribution in [0, 0.1) is 12.8 Å². The average Bonchev–Trinajstić information content (AvgIpc) is 3.18. The van der Waals surface area contributed by atoms with Crippen LogP contribution in [0.3, 0.4) is 0 Å². The molecule has 3 atom stereocenters. The van der Waals surface area contributed by atoms with Crippen LogP contribution in [0.1, 0.15) is 45.6 Å². The summed E-state index contributed by atoms with van der Waals surface area (Å²) in [6.45, 7) is 9.69. The molecule has 1 aromatic heterocycles. The number of fused-ring (bicyclic) bond motifs is 1. The van der Waals surface area contributed by atoms with E-state index < -0.39 is 7.60 Å². The highest BCUT2D eigenvalue weighted by Gasteiger charge is 2.30. The maximum atomic E-state index is 12.5. The van der Waals surface area contributed by atoms with Gasteiger partial charge >= 0.3 is 7.60 Å². The maximum Gasteiger partial charge on any atom is 0.356 e. The van der Waals surface area contributed by atoms with Gasteiger partial charge in [-0.05, 0) is 64.2 Å². The summed E-state index contributed by atoms with van der Waals surface area (Å²) in [4.78, 5) is 0. The Morgan fingerprint density at radius 3 is 2.53 bits per heavy atom. The van der Waals surface area contributed by atoms with Crippen molar-refractivity contribution in [1.82, 2.24) is 4.57 Å². The standard InChI is InChI=1S/C24H38NO6P/c1-6-29-32(26,30-7-2)17-28-15-14-25-13-12-20-19(4)22(11-9-21(20)25)31-23-10-8-18(3)16-24(23)27-5/h9,11-13,18,23-24H,6-8,10,14-17H2,1-5H3/t18?,23-,24-/m1/s1. The van der Waals surface area contributed by atoms with Gasteiger partial charge in [-0.1, -0.05) is 6.92 Å². The highest BCUT2D eigenvalue weighted by molar-refractivity contribution is 7.53. The van der Waals surface area contributed by atoms with Crippen LogP contribution in [0.5, 0.6) is 5.75 Å². The van der Waals surface area contributed by atoms with Gasteiger partial charge in [-0.25, -0.2) is 0 Å². The maximum absolute atomic E-state index is 12.5. The summed E-state index contributed by atoms with van der Waals surface area (Å²) < 4.78 is 42.9. The molecule has 7 nitrogen and oxygen atoms in total. The minimum Gasteiger partial charge on any atom is -0.487 e. The average molecular weight is 468 g/mol. The van der Waals surface area contributed by atoms with Gasteiger partial charge in [0.05, 0.1) is 25.9 Å². The zero-order chi connectivity index (χ0) is 23.1. The Labute approximate surface area is 191 Å². The van der Waals surface area contributed by atoms with Crippen molar-refractivity contribution in [3.8, 4) is 5.75 Å². The molecule has 8 heteroatoms. The van der Waals surface area contributed by atoms with Gasteiger partial charge < -0.3 is 27.8 Å². The zero-order valence-electron chi connectivity index (χ0n) is 20.0. The Morgan fingerprint density at radius 1 is 1.09 bits per heavy atom. The summed E-state index contributed by atoms with van der Waals surface area (Å²) in [5, 5.41) is 1.16. The molecule has 1 fully saturated rings. The van der Waals surface area contributed by atoms with Crippen molar-refractivity contribution in [2.45, 2.75) is 65.7 Å². The fraction of sp³-hybridized carbons (Fsp3) is 0.667. The number of ether oxygens (including phenoxy) is 3. The normalized spacial score (nSPS) is 21.8. The van der Waals surface area contributed by atoms with Gasteiger partial charge in [0, 0.05) is 36.3 Å². The molecule has 1 heterocycles. The van der Waals surface area contributed by atoms with Crippen LogP contribution in [0.2, 0.25) is 0 Å². The second-order valence-electron chi connectivity index (χ2n) is 8.46. The van der Waals surface area contributed by atoms with E-state index in [1.807, 2.05) is 0 Å². The van der Waals surface area contributed by atoms with Crippen molar-refractivity contribution in [2.75, 3.05) is 33.3 Å². The van der Waals surface area contributed by atoms with Crippen LogP contribution in [-0.4, -0.2) is 50.1 Å². The van der Waals surface area contributed by atoms with E-state index in [4.69, 9.17) is 23.3 Å². The van der Waals surface area contributed by atoms with Crippen molar-refractivity contribution < 1.29 is 27.8 Å². The topological polar surface area (TPSA) is 68.2 Å². The molecular weight excluding hydrogens is 429 g/mol. The number of nitrogens with zero attached hydrogens (tertiary/aromatic N) is 1. The highest BCUT2D eigenvalue weighted by atomic mass is 31.2. The molecule has 0 aliphatic heterocycles. The van der Waals surface area contributed by atoms with Crippen molar-refractivity contribution in [1.29, 1.82) is 0 Å². The Balaban J connectivity index is 1.62. The highest BCUT2D eigenvalue weighted by Crippen LogP contribution is 2.47. The van der Waals surface area contributed by atoms with Gasteiger partial charge in [0.2, 0.25) is 0 Å². The molecule has 1 aliphatic carbocycles. The number of aromatic nitrogens is 1. The molecule has 0 saturated heterocycles. The largest absolute Gasteiger partial charge is 0.487 e. The lowest BCUT2D eigenvalue weighted by Crippen LogP contribution is -2.38. The molecule has 0 spiro atoms. The van der Waals surface area contributed by atoms with Crippen LogP contribution in [-0.2, 0) is 29.6 Å². The third kappa shape index (κ3) is 6.15. The molecule has 1 saturated carbocycles. The molecule has 0 bridgehead atoms. The van der Waals surface area contributed by atoms with E-state index in [0.717, 1.165) is 35.1 Å². The summed E-state index contributed by atoms with van der Waals surface area (Å²) in [6, 6.07) is 6.26. The third-order valence-corrected chi connectivity index (χ3v) is 7.93. The van der Waals surface area contributed by atoms with E-state index in [9.17, 15) is 4.57 Å². The van der Waals surface area contributed by atoms with Crippen LogP contribution < -0.4 is 4.74 Å². The van der Waals surface area contributed by atoms with E-state index in [1.165, 1.54) is 6.42 Å². The molecule has 0 radical (unpaired) electrons. The smallest absolute Gasteiger partial charge is 0.356 e. The molecule has 0 amide bonds. The van der Waals surface area contributed by atoms with Crippen LogP contribution >= 0.6 is 7.60 Å². The minimum atomic E-state index is -3.18. The zero-order valence-corrected chi connectivity index (χ0v) is 20.9. The molecule has 1 unspecified atom stereocenters. The van der Waals surface area contributed by atoms with Crippen LogP contribution in [0.4, 0.5) is 0 Å². The van der Waals surface area contributed by atoms with E-state index in [0.29, 0.717) is 32.3 Å². The molecule has 1 aromatic carbocycles. The second-order valence-corrected chi connectivity index (χ2v) is 10.5. The van der Waals surface area contributed by atoms with Gasteiger partial charge in [0.1, 0.15) is 18.2 Å². The lowest BCUT2D eigenvalue weighted by Gasteiger charge is -2.34. The fourth-order valence-electron chi connectivity index (χ4n) is 4.41. The summed E-state index contributed by atoms with van der Waals surface area (Å²) in [5.74, 6) is 1.60. The van der Waals surface area contributed by atoms with Crippen molar-refractivity contribution >= 4 is 18.5 Å². The summed E-state index contributed by atoms with van der Waals surface area (Å²) in [7, 11) is -1.40. The molecule has 2 aromatic rings. The SMILES string of the molecule is CCOP(=O)(COCCn1ccc2c(C)c(O[C@@H]3CCC(C)C[C@H]3OC)ccc21)OCC. The van der Waals surface area contributed by atoms with Gasteiger partial charge in [0.15, 0.2) is 0 Å². The number of methoxy groups -OCH3 is 1. The predicted octanol–water partition coefficient (Wildman–Crippen LogP) is 5.77. The third-order valence-electron chi connectivity index (χ3n) is 6.12. The Morgan fingerprint density at radius 2 is 1.84 bits per heavy atom. The first-order valence-corrected chi connectivity index (χ1v) is 13.4. The van der Waals surface area contributed by atoms with E-state index in [2.05, 4.69) is 42.8 Å². The Bertz CT molecular complexity index is 903. The summed E-state index contributed by atoms with van der Waals surface area (Å²) >= 11 is 0. The first kappa shape index (κ1) is 25.3. The lowest BCUT2D eigenvalue weighted by atomic mass is 9.86. The van der Waals surface area contributed by atoms with Crippen molar-refractivity contribution in [2.24, 2.45) is 5.92 Å². The van der Waals surface area contributed by atoms with Gasteiger partial charge in [-0.15, -0.1) is 0 Å². The predicted molar refractivity (Wildman–Crippen MR) is 127 cm³/mol. The molecule has 3 rings (SSSR count). The first-order valence-electron chi connectivity index (χ1n) is 11.6. The quantitative estimate of drug-likeness (QED) is 0.292. The molecular formula is C24H38NO6P. The van der Waals surface area contributed by atoms with E-state index >= 15 is 0 Å². The molecule has 0 N–H and O–H groups in total. The number of hydrogen-bond acceptors (Lipinski definition) is 6. The van der Waals surface area contributed by atoms with Crippen LogP contribution in [0.15, 0.2) is 24.4 Å². The second kappa shape index (κ2) is 11.7. The van der Waals surface area contributed by atoms with E-state index in [1.54, 1.807) is 21.0 Å². The molecule has 1 aliphatic rings. The summed E-state index contributed by atoms with van der Waals surface area (Å²) in [6.07, 6.45) is 5.47. The van der Waals surface area contributed by atoms with Gasteiger partial charge in [-0.3, -0.25) is 4.57 Å². The minimum absolute atomic E-state index is 0.0361. The van der Waals surface area contributed by atoms with E-state index in [-0.39, 0.29) is 18.6 Å². The monoisotopic (exact) mass is 467 g/mol.